The van der Waals surface area contributed by atoms with Gasteiger partial charge in [0.25, 0.3) is 0 Å². The zero-order valence-corrected chi connectivity index (χ0v) is 16.7. The van der Waals surface area contributed by atoms with E-state index in [-0.39, 0.29) is 17.8 Å². The Morgan fingerprint density at radius 2 is 1.67 bits per heavy atom. The molecular weight excluding hydrogens is 358 g/mol. The molecule has 1 aliphatic carbocycles. The van der Waals surface area contributed by atoms with Gasteiger partial charge in [-0.3, -0.25) is 0 Å². The summed E-state index contributed by atoms with van der Waals surface area (Å²) in [6.45, 7) is 6.13. The van der Waals surface area contributed by atoms with Crippen LogP contribution in [0, 0.1) is 5.41 Å². The first-order valence-electron chi connectivity index (χ1n) is 9.08. The SMILES string of the molecule is CC(C)(CNCc1ccccc1)C1=CCC(O)(Oc2ccccc2)C=C1.Cl. The minimum atomic E-state index is -1.28. The molecule has 1 unspecified atom stereocenters. The highest BCUT2D eigenvalue weighted by Crippen LogP contribution is 2.33. The summed E-state index contributed by atoms with van der Waals surface area (Å²) in [5.41, 5.74) is 2.46. The van der Waals surface area contributed by atoms with Crippen molar-refractivity contribution in [3.05, 3.63) is 90.0 Å². The second kappa shape index (κ2) is 9.23. The van der Waals surface area contributed by atoms with Crippen LogP contribution in [0.25, 0.3) is 0 Å². The third-order valence-corrected chi connectivity index (χ3v) is 4.70. The van der Waals surface area contributed by atoms with Crippen molar-refractivity contribution in [2.75, 3.05) is 6.54 Å². The monoisotopic (exact) mass is 385 g/mol. The molecule has 0 aromatic heterocycles. The van der Waals surface area contributed by atoms with Gasteiger partial charge in [-0.25, -0.2) is 0 Å². The van der Waals surface area contributed by atoms with E-state index in [0.29, 0.717) is 12.2 Å². The van der Waals surface area contributed by atoms with Crippen molar-refractivity contribution in [3.63, 3.8) is 0 Å². The van der Waals surface area contributed by atoms with Crippen molar-refractivity contribution in [2.24, 2.45) is 5.41 Å². The number of hydrogen-bond donors (Lipinski definition) is 2. The van der Waals surface area contributed by atoms with Gasteiger partial charge in [0.15, 0.2) is 0 Å². The fourth-order valence-electron chi connectivity index (χ4n) is 3.10. The van der Waals surface area contributed by atoms with Crippen LogP contribution in [0.2, 0.25) is 0 Å². The molecule has 0 spiro atoms. The Kier molecular flexibility index (Phi) is 7.25. The molecule has 27 heavy (non-hydrogen) atoms. The average Bonchev–Trinajstić information content (AvgIpc) is 2.63. The molecule has 2 N–H and O–H groups in total. The van der Waals surface area contributed by atoms with Gasteiger partial charge < -0.3 is 15.2 Å². The van der Waals surface area contributed by atoms with E-state index in [0.717, 1.165) is 13.1 Å². The first-order chi connectivity index (χ1) is 12.5. The van der Waals surface area contributed by atoms with Gasteiger partial charge in [0, 0.05) is 24.9 Å². The highest BCUT2D eigenvalue weighted by atomic mass is 35.5. The number of rotatable bonds is 7. The highest BCUT2D eigenvalue weighted by molar-refractivity contribution is 5.85. The Morgan fingerprint density at radius 3 is 2.26 bits per heavy atom. The molecule has 4 heteroatoms. The highest BCUT2D eigenvalue weighted by Gasteiger charge is 2.31. The lowest BCUT2D eigenvalue weighted by Crippen LogP contribution is -2.36. The number of ether oxygens (including phenoxy) is 1. The predicted octanol–water partition coefficient (Wildman–Crippen LogP) is 4.88. The zero-order valence-electron chi connectivity index (χ0n) is 15.9. The quantitative estimate of drug-likeness (QED) is 0.667. The Balaban J connectivity index is 0.00000261. The van der Waals surface area contributed by atoms with E-state index < -0.39 is 5.79 Å². The third-order valence-electron chi connectivity index (χ3n) is 4.70. The summed E-state index contributed by atoms with van der Waals surface area (Å²) in [6, 6.07) is 19.8. The number of benzene rings is 2. The van der Waals surface area contributed by atoms with Crippen LogP contribution >= 0.6 is 12.4 Å². The van der Waals surface area contributed by atoms with Crippen molar-refractivity contribution in [1.82, 2.24) is 5.32 Å². The standard InChI is InChI=1S/C23H27NO2.ClH/c1-22(2,18-24-17-19-9-5-3-6-10-19)20-13-15-23(25,16-14-20)26-21-11-7-4-8-12-21;/h3-15,24-25H,16-18H2,1-2H3;1H. The van der Waals surface area contributed by atoms with Crippen molar-refractivity contribution in [2.45, 2.75) is 32.6 Å². The molecule has 0 saturated carbocycles. The normalized spacial score (nSPS) is 19.1. The number of nitrogens with one attached hydrogen (secondary N) is 1. The van der Waals surface area contributed by atoms with E-state index in [2.05, 4.69) is 49.5 Å². The van der Waals surface area contributed by atoms with E-state index in [9.17, 15) is 5.11 Å². The topological polar surface area (TPSA) is 41.5 Å². The molecule has 1 atom stereocenters. The molecule has 0 radical (unpaired) electrons. The lowest BCUT2D eigenvalue weighted by Gasteiger charge is -2.33. The van der Waals surface area contributed by atoms with Gasteiger partial charge in [0.05, 0.1) is 0 Å². The number of aliphatic hydroxyl groups is 1. The largest absolute Gasteiger partial charge is 0.459 e. The Hall–Kier alpha value is -2.07. The molecule has 2 aromatic rings. The average molecular weight is 386 g/mol. The molecular formula is C23H28ClNO2. The molecule has 0 amide bonds. The molecule has 1 aliphatic rings. The van der Waals surface area contributed by atoms with Crippen LogP contribution in [-0.2, 0) is 6.54 Å². The Labute approximate surface area is 168 Å². The van der Waals surface area contributed by atoms with Gasteiger partial charge in [0.1, 0.15) is 5.75 Å². The number of hydrogen-bond acceptors (Lipinski definition) is 3. The van der Waals surface area contributed by atoms with Crippen molar-refractivity contribution >= 4 is 12.4 Å². The number of halogens is 1. The fraction of sp³-hybridized carbons (Fsp3) is 0.304. The van der Waals surface area contributed by atoms with Crippen molar-refractivity contribution in [1.29, 1.82) is 0 Å². The van der Waals surface area contributed by atoms with Crippen LogP contribution < -0.4 is 10.1 Å². The van der Waals surface area contributed by atoms with Gasteiger partial charge >= 0.3 is 0 Å². The summed E-state index contributed by atoms with van der Waals surface area (Å²) < 4.78 is 5.75. The minimum absolute atomic E-state index is 0. The van der Waals surface area contributed by atoms with Gasteiger partial charge in [-0.15, -0.1) is 12.4 Å². The van der Waals surface area contributed by atoms with Crippen LogP contribution in [0.5, 0.6) is 5.75 Å². The lowest BCUT2D eigenvalue weighted by atomic mass is 9.80. The van der Waals surface area contributed by atoms with Crippen LogP contribution in [-0.4, -0.2) is 17.4 Å². The molecule has 3 nitrogen and oxygen atoms in total. The first kappa shape index (κ1) is 21.2. The van der Waals surface area contributed by atoms with Crippen LogP contribution in [0.4, 0.5) is 0 Å². The minimum Gasteiger partial charge on any atom is -0.459 e. The van der Waals surface area contributed by atoms with E-state index in [1.54, 1.807) is 6.08 Å². The Morgan fingerprint density at radius 1 is 1.04 bits per heavy atom. The summed E-state index contributed by atoms with van der Waals surface area (Å²) >= 11 is 0. The van der Waals surface area contributed by atoms with Gasteiger partial charge in [0.2, 0.25) is 5.79 Å². The fourth-order valence-corrected chi connectivity index (χ4v) is 3.10. The number of allylic oxidation sites excluding steroid dienone is 1. The van der Waals surface area contributed by atoms with Crippen molar-refractivity contribution < 1.29 is 9.84 Å². The van der Waals surface area contributed by atoms with Crippen molar-refractivity contribution in [3.8, 4) is 5.75 Å². The van der Waals surface area contributed by atoms with E-state index in [1.165, 1.54) is 11.1 Å². The van der Waals surface area contributed by atoms with E-state index >= 15 is 0 Å². The van der Waals surface area contributed by atoms with Crippen LogP contribution in [0.15, 0.2) is 84.5 Å². The molecule has 144 valence electrons. The summed E-state index contributed by atoms with van der Waals surface area (Å²) in [4.78, 5) is 0. The summed E-state index contributed by atoms with van der Waals surface area (Å²) in [6.07, 6.45) is 6.26. The van der Waals surface area contributed by atoms with Crippen LogP contribution in [0.1, 0.15) is 25.8 Å². The molecule has 0 aliphatic heterocycles. The maximum Gasteiger partial charge on any atom is 0.231 e. The molecule has 0 saturated heterocycles. The number of para-hydroxylation sites is 1. The van der Waals surface area contributed by atoms with E-state index in [1.807, 2.05) is 42.5 Å². The zero-order chi connectivity index (χ0) is 18.5. The maximum absolute atomic E-state index is 10.7. The lowest BCUT2D eigenvalue weighted by molar-refractivity contribution is -0.0924. The maximum atomic E-state index is 10.7. The van der Waals surface area contributed by atoms with Gasteiger partial charge in [-0.1, -0.05) is 74.5 Å². The summed E-state index contributed by atoms with van der Waals surface area (Å²) in [7, 11) is 0. The van der Waals surface area contributed by atoms with Crippen LogP contribution in [0.3, 0.4) is 0 Å². The third kappa shape index (κ3) is 5.96. The predicted molar refractivity (Wildman–Crippen MR) is 113 cm³/mol. The molecule has 0 fully saturated rings. The van der Waals surface area contributed by atoms with Gasteiger partial charge in [-0.2, -0.15) is 0 Å². The first-order valence-corrected chi connectivity index (χ1v) is 9.08. The molecule has 2 aromatic carbocycles. The second-order valence-electron chi connectivity index (χ2n) is 7.43. The smallest absolute Gasteiger partial charge is 0.231 e. The summed E-state index contributed by atoms with van der Waals surface area (Å²) in [5.74, 6) is -0.612. The summed E-state index contributed by atoms with van der Waals surface area (Å²) in [5, 5.41) is 14.2. The van der Waals surface area contributed by atoms with E-state index in [4.69, 9.17) is 4.74 Å². The Bertz CT molecular complexity index is 771. The molecule has 0 heterocycles. The van der Waals surface area contributed by atoms with Gasteiger partial charge in [-0.05, 0) is 29.3 Å². The second-order valence-corrected chi connectivity index (χ2v) is 7.43. The molecule has 0 bridgehead atoms. The molecule has 3 rings (SSSR count).